The fourth-order valence-electron chi connectivity index (χ4n) is 8.78. The first-order chi connectivity index (χ1) is 26.1. The third-order valence-electron chi connectivity index (χ3n) is 11.4. The smallest absolute Gasteiger partial charge is 0.137 e. The van der Waals surface area contributed by atoms with Crippen LogP contribution in [0.3, 0.4) is 0 Å². The SMILES string of the molecule is CC1(c2ccc3c(c2)oc2cccc(N(c4ccc(-c5ccccc5)cc4)c4ccc5sc6ccccc6c5c4)c23)c2ccccc2-c2ccccc21. The van der Waals surface area contributed by atoms with E-state index in [4.69, 9.17) is 4.42 Å². The molecular weight excluding hydrogens is 663 g/mol. The molecule has 11 rings (SSSR count). The number of thiophene rings is 1. The summed E-state index contributed by atoms with van der Waals surface area (Å²) in [5.74, 6) is 0. The molecule has 53 heavy (non-hydrogen) atoms. The summed E-state index contributed by atoms with van der Waals surface area (Å²) in [6.45, 7) is 2.36. The number of nitrogens with zero attached hydrogens (tertiary/aromatic N) is 1. The van der Waals surface area contributed by atoms with E-state index in [2.05, 4.69) is 194 Å². The topological polar surface area (TPSA) is 16.4 Å². The Kier molecular flexibility index (Phi) is 6.58. The Morgan fingerprint density at radius 1 is 0.472 bits per heavy atom. The highest BCUT2D eigenvalue weighted by atomic mass is 32.1. The lowest BCUT2D eigenvalue weighted by Crippen LogP contribution is -2.22. The molecule has 0 saturated carbocycles. The molecule has 1 aliphatic rings. The van der Waals surface area contributed by atoms with Crippen LogP contribution in [0.2, 0.25) is 0 Å². The summed E-state index contributed by atoms with van der Waals surface area (Å²) in [6, 6.07) is 66.1. The van der Waals surface area contributed by atoms with Crippen molar-refractivity contribution in [3.8, 4) is 22.3 Å². The van der Waals surface area contributed by atoms with E-state index in [0.29, 0.717) is 0 Å². The predicted molar refractivity (Wildman–Crippen MR) is 224 cm³/mol. The quantitative estimate of drug-likeness (QED) is 0.178. The van der Waals surface area contributed by atoms with Crippen molar-refractivity contribution in [3.63, 3.8) is 0 Å². The van der Waals surface area contributed by atoms with Gasteiger partial charge >= 0.3 is 0 Å². The molecule has 0 saturated heterocycles. The van der Waals surface area contributed by atoms with E-state index in [9.17, 15) is 0 Å². The number of rotatable bonds is 5. The second-order valence-corrected chi connectivity index (χ2v) is 15.3. The van der Waals surface area contributed by atoms with Gasteiger partial charge in [-0.25, -0.2) is 0 Å². The van der Waals surface area contributed by atoms with Gasteiger partial charge in [-0.15, -0.1) is 11.3 Å². The number of hydrogen-bond acceptors (Lipinski definition) is 3. The Labute approximate surface area is 311 Å². The second-order valence-electron chi connectivity index (χ2n) is 14.2. The zero-order chi connectivity index (χ0) is 35.1. The molecule has 0 spiro atoms. The average Bonchev–Trinajstić information content (AvgIpc) is 3.87. The van der Waals surface area contributed by atoms with Crippen LogP contribution in [0, 0.1) is 0 Å². The molecule has 1 aliphatic carbocycles. The Hall–Kier alpha value is -6.42. The summed E-state index contributed by atoms with van der Waals surface area (Å²) >= 11 is 1.85. The van der Waals surface area contributed by atoms with E-state index in [1.54, 1.807) is 0 Å². The van der Waals surface area contributed by atoms with Gasteiger partial charge in [-0.05, 0) is 100 Å². The van der Waals surface area contributed by atoms with Crippen molar-refractivity contribution in [3.05, 3.63) is 199 Å². The summed E-state index contributed by atoms with van der Waals surface area (Å²) in [5, 5.41) is 4.77. The van der Waals surface area contributed by atoms with Crippen molar-refractivity contribution in [1.82, 2.24) is 0 Å². The molecule has 10 aromatic rings. The van der Waals surface area contributed by atoms with E-state index in [-0.39, 0.29) is 5.41 Å². The maximum atomic E-state index is 6.80. The zero-order valence-corrected chi connectivity index (χ0v) is 29.9. The lowest BCUT2D eigenvalue weighted by Gasteiger charge is -2.28. The minimum Gasteiger partial charge on any atom is -0.456 e. The Bertz CT molecular complexity index is 2980. The van der Waals surface area contributed by atoms with Crippen LogP contribution >= 0.6 is 11.3 Å². The normalized spacial score (nSPS) is 13.2. The molecule has 0 bridgehead atoms. The van der Waals surface area contributed by atoms with Crippen molar-refractivity contribution in [2.45, 2.75) is 12.3 Å². The molecule has 0 unspecified atom stereocenters. The summed E-state index contributed by atoms with van der Waals surface area (Å²) in [4.78, 5) is 2.40. The third-order valence-corrected chi connectivity index (χ3v) is 12.5. The Balaban J connectivity index is 1.11. The first kappa shape index (κ1) is 30.2. The minimum absolute atomic E-state index is 0.297. The highest BCUT2D eigenvalue weighted by molar-refractivity contribution is 7.25. The molecule has 8 aromatic carbocycles. The molecule has 2 nitrogen and oxygen atoms in total. The van der Waals surface area contributed by atoms with Crippen LogP contribution in [0.5, 0.6) is 0 Å². The lowest BCUT2D eigenvalue weighted by molar-refractivity contribution is 0.662. The predicted octanol–water partition coefficient (Wildman–Crippen LogP) is 14.4. The maximum Gasteiger partial charge on any atom is 0.137 e. The molecule has 0 amide bonds. The van der Waals surface area contributed by atoms with Crippen molar-refractivity contribution in [1.29, 1.82) is 0 Å². The molecule has 0 radical (unpaired) electrons. The third kappa shape index (κ3) is 4.51. The summed E-state index contributed by atoms with van der Waals surface area (Å²) < 4.78 is 9.40. The van der Waals surface area contributed by atoms with E-state index in [1.807, 2.05) is 11.3 Å². The fraction of sp³-hybridized carbons (Fsp3) is 0.0400. The average molecular weight is 696 g/mol. The molecular formula is C50H33NOS. The van der Waals surface area contributed by atoms with Gasteiger partial charge < -0.3 is 9.32 Å². The molecule has 2 aromatic heterocycles. The van der Waals surface area contributed by atoms with Crippen LogP contribution in [0.15, 0.2) is 186 Å². The Morgan fingerprint density at radius 3 is 1.92 bits per heavy atom. The molecule has 250 valence electrons. The molecule has 0 atom stereocenters. The van der Waals surface area contributed by atoms with Gasteiger partial charge in [-0.1, -0.05) is 127 Å². The van der Waals surface area contributed by atoms with Gasteiger partial charge in [-0.3, -0.25) is 0 Å². The van der Waals surface area contributed by atoms with Crippen LogP contribution in [-0.2, 0) is 5.41 Å². The van der Waals surface area contributed by atoms with Crippen LogP contribution in [0.25, 0.3) is 64.4 Å². The van der Waals surface area contributed by atoms with Crippen LogP contribution in [-0.4, -0.2) is 0 Å². The van der Waals surface area contributed by atoms with Crippen molar-refractivity contribution in [2.75, 3.05) is 4.90 Å². The Morgan fingerprint density at radius 2 is 1.13 bits per heavy atom. The number of anilines is 3. The molecule has 0 fully saturated rings. The van der Waals surface area contributed by atoms with Gasteiger partial charge in [-0.2, -0.15) is 0 Å². The standard InChI is InChI=1S/C50H33NOS/c1-50(42-17-8-5-14-37(42)38-15-6-9-18-43(38)50)34-24-28-40-46(30-34)52-45-20-11-19-44(49(40)45)51(35-25-22-33(23-26-35)32-12-3-2-4-13-32)36-27-29-48-41(31-36)39-16-7-10-21-47(39)53-48/h2-31H,1H3. The summed E-state index contributed by atoms with van der Waals surface area (Å²) in [5.41, 5.74) is 13.7. The van der Waals surface area contributed by atoms with Crippen molar-refractivity contribution in [2.24, 2.45) is 0 Å². The first-order valence-corrected chi connectivity index (χ1v) is 19.0. The maximum absolute atomic E-state index is 6.80. The van der Waals surface area contributed by atoms with Gasteiger partial charge in [0.1, 0.15) is 11.2 Å². The molecule has 3 heteroatoms. The highest BCUT2D eigenvalue weighted by Gasteiger charge is 2.40. The summed E-state index contributed by atoms with van der Waals surface area (Å²) in [7, 11) is 0. The monoisotopic (exact) mass is 695 g/mol. The van der Waals surface area contributed by atoms with Crippen LogP contribution < -0.4 is 4.90 Å². The van der Waals surface area contributed by atoms with Crippen LogP contribution in [0.4, 0.5) is 17.1 Å². The summed E-state index contributed by atoms with van der Waals surface area (Å²) in [6.07, 6.45) is 0. The van der Waals surface area contributed by atoms with Gasteiger partial charge in [0.2, 0.25) is 0 Å². The fourth-order valence-corrected chi connectivity index (χ4v) is 9.87. The highest BCUT2D eigenvalue weighted by Crippen LogP contribution is 2.53. The van der Waals surface area contributed by atoms with Gasteiger partial charge in [0, 0.05) is 42.3 Å². The van der Waals surface area contributed by atoms with E-state index in [0.717, 1.165) is 39.0 Å². The van der Waals surface area contributed by atoms with Gasteiger partial charge in [0.25, 0.3) is 0 Å². The zero-order valence-electron chi connectivity index (χ0n) is 29.1. The molecule has 2 heterocycles. The number of benzene rings is 8. The molecule has 0 aliphatic heterocycles. The van der Waals surface area contributed by atoms with Crippen molar-refractivity contribution < 1.29 is 4.42 Å². The number of furan rings is 1. The largest absolute Gasteiger partial charge is 0.456 e. The van der Waals surface area contributed by atoms with Gasteiger partial charge in [0.05, 0.1) is 11.1 Å². The van der Waals surface area contributed by atoms with Gasteiger partial charge in [0.15, 0.2) is 0 Å². The first-order valence-electron chi connectivity index (χ1n) is 18.2. The number of fused-ring (bicyclic) bond motifs is 9. The lowest BCUT2D eigenvalue weighted by atomic mass is 9.74. The number of hydrogen-bond donors (Lipinski definition) is 0. The van der Waals surface area contributed by atoms with E-state index in [1.165, 1.54) is 59.1 Å². The van der Waals surface area contributed by atoms with E-state index >= 15 is 0 Å². The van der Waals surface area contributed by atoms with E-state index < -0.39 is 0 Å². The van der Waals surface area contributed by atoms with Crippen LogP contribution in [0.1, 0.15) is 23.6 Å². The second kappa shape index (κ2) is 11.5. The van der Waals surface area contributed by atoms with Crippen molar-refractivity contribution >= 4 is 70.5 Å². The molecule has 0 N–H and O–H groups in total. The minimum atomic E-state index is -0.297.